The van der Waals surface area contributed by atoms with Crippen LogP contribution in [0.5, 0.6) is 0 Å². The lowest BCUT2D eigenvalue weighted by molar-refractivity contribution is -0.148. The summed E-state index contributed by atoms with van der Waals surface area (Å²) in [6.07, 6.45) is 0.0892. The lowest BCUT2D eigenvalue weighted by atomic mass is 9.86. The van der Waals surface area contributed by atoms with Crippen molar-refractivity contribution in [1.82, 2.24) is 14.8 Å². The van der Waals surface area contributed by atoms with Gasteiger partial charge in [0.25, 0.3) is 5.56 Å². The van der Waals surface area contributed by atoms with Crippen molar-refractivity contribution in [3.8, 4) is 22.6 Å². The molecule has 3 aromatic rings. The Balaban J connectivity index is 1.78. The van der Waals surface area contributed by atoms with Gasteiger partial charge >= 0.3 is 5.97 Å². The average molecular weight is 430 g/mol. The summed E-state index contributed by atoms with van der Waals surface area (Å²) in [5.74, 6) is -1.37. The number of aliphatic carboxylic acids is 1. The number of benzene rings is 2. The Kier molecular flexibility index (Phi) is 4.14. The van der Waals surface area contributed by atoms with E-state index in [1.807, 2.05) is 12.1 Å². The fraction of sp³-hybridized carbons (Fsp3) is 0.292. The molecule has 1 N–H and O–H groups in total. The maximum absolute atomic E-state index is 13.0. The third-order valence-corrected chi connectivity index (χ3v) is 6.22. The number of rotatable bonds is 2. The van der Waals surface area contributed by atoms with Crippen molar-refractivity contribution < 1.29 is 14.7 Å². The number of carbonyl (C=O) groups is 2. The van der Waals surface area contributed by atoms with E-state index in [0.717, 1.165) is 5.56 Å². The third kappa shape index (κ3) is 2.65. The van der Waals surface area contributed by atoms with Crippen molar-refractivity contribution in [2.45, 2.75) is 44.7 Å². The first-order valence-electron chi connectivity index (χ1n) is 10.4. The van der Waals surface area contributed by atoms with E-state index >= 15 is 0 Å². The quantitative estimate of drug-likeness (QED) is 0.670. The summed E-state index contributed by atoms with van der Waals surface area (Å²) >= 11 is 0. The highest BCUT2D eigenvalue weighted by molar-refractivity contribution is 6.07. The minimum absolute atomic E-state index is 0.0302. The highest BCUT2D eigenvalue weighted by atomic mass is 16.4. The van der Waals surface area contributed by atoms with E-state index in [1.165, 1.54) is 9.58 Å². The molecule has 162 valence electrons. The van der Waals surface area contributed by atoms with Crippen LogP contribution in [-0.2, 0) is 20.7 Å². The number of aromatic nitrogens is 3. The predicted octanol–water partition coefficient (Wildman–Crippen LogP) is 3.15. The molecule has 8 nitrogen and oxygen atoms in total. The Labute approximate surface area is 184 Å². The van der Waals surface area contributed by atoms with Gasteiger partial charge in [0, 0.05) is 24.0 Å². The van der Waals surface area contributed by atoms with E-state index in [-0.39, 0.29) is 35.7 Å². The Morgan fingerprint density at radius 2 is 1.75 bits per heavy atom. The lowest BCUT2D eigenvalue weighted by Gasteiger charge is -2.41. The van der Waals surface area contributed by atoms with Gasteiger partial charge in [-0.05, 0) is 23.1 Å². The summed E-state index contributed by atoms with van der Waals surface area (Å²) in [5.41, 5.74) is 0.240. The molecule has 0 bridgehead atoms. The largest absolute Gasteiger partial charge is 0.478 e. The van der Waals surface area contributed by atoms with Crippen LogP contribution >= 0.6 is 0 Å². The number of hydrogen-bond donors (Lipinski definition) is 1. The number of hydrogen-bond acceptors (Lipinski definition) is 5. The average Bonchev–Trinajstić information content (AvgIpc) is 3.12. The number of fused-ring (bicyclic) bond motifs is 6. The van der Waals surface area contributed by atoms with Gasteiger partial charge in [-0.3, -0.25) is 14.5 Å². The van der Waals surface area contributed by atoms with Crippen molar-refractivity contribution >= 4 is 17.6 Å². The van der Waals surface area contributed by atoms with Gasteiger partial charge in [-0.1, -0.05) is 57.2 Å². The molecule has 1 saturated heterocycles. The molecule has 0 saturated carbocycles. The zero-order valence-electron chi connectivity index (χ0n) is 18.0. The standard InChI is InChI=1S/C24H22N4O4/c1-23(2,3)15-10-8-14(9-11-15)19-21(30)25-20-16-6-4-5-7-17(16)27-18(29)12-13-24(27,22(31)32)28(20)26-19/h4-11H,12-13H2,1-3H3,(H,31,32)/t24-/m1/s1. The second-order valence-corrected chi connectivity index (χ2v) is 9.20. The van der Waals surface area contributed by atoms with Crippen molar-refractivity contribution in [2.24, 2.45) is 0 Å². The SMILES string of the molecule is CC(C)(C)c1ccc(-c2nn3c(nc2=O)-c2ccccc2N2C(=O)CC[C@@]23C(=O)O)cc1. The van der Waals surface area contributed by atoms with Crippen LogP contribution in [0, 0.1) is 0 Å². The molecule has 2 aliphatic heterocycles. The molecule has 1 fully saturated rings. The number of amides is 1. The number of carboxylic acid groups (broad SMARTS) is 1. The summed E-state index contributed by atoms with van der Waals surface area (Å²) in [6, 6.07) is 14.3. The third-order valence-electron chi connectivity index (χ3n) is 6.22. The van der Waals surface area contributed by atoms with Gasteiger partial charge in [0.1, 0.15) is 0 Å². The molecule has 0 aliphatic carbocycles. The van der Waals surface area contributed by atoms with Gasteiger partial charge in [0.15, 0.2) is 11.5 Å². The Morgan fingerprint density at radius 3 is 2.41 bits per heavy atom. The first-order valence-corrected chi connectivity index (χ1v) is 10.4. The van der Waals surface area contributed by atoms with Gasteiger partial charge < -0.3 is 5.11 Å². The number of nitrogens with zero attached hydrogens (tertiary/aromatic N) is 4. The first kappa shape index (κ1) is 20.1. The van der Waals surface area contributed by atoms with Crippen molar-refractivity contribution in [3.05, 3.63) is 64.4 Å². The molecular formula is C24H22N4O4. The van der Waals surface area contributed by atoms with Gasteiger partial charge in [-0.2, -0.15) is 10.1 Å². The Bertz CT molecular complexity index is 1340. The Morgan fingerprint density at radius 1 is 1.06 bits per heavy atom. The van der Waals surface area contributed by atoms with E-state index in [0.29, 0.717) is 16.8 Å². The van der Waals surface area contributed by atoms with Crippen LogP contribution in [0.1, 0.15) is 39.2 Å². The molecule has 0 unspecified atom stereocenters. The van der Waals surface area contributed by atoms with Crippen LogP contribution in [0.2, 0.25) is 0 Å². The fourth-order valence-electron chi connectivity index (χ4n) is 4.52. The summed E-state index contributed by atoms with van der Waals surface area (Å²) in [4.78, 5) is 43.9. The highest BCUT2D eigenvalue weighted by Crippen LogP contribution is 2.47. The van der Waals surface area contributed by atoms with Crippen LogP contribution in [-0.4, -0.2) is 31.7 Å². The molecule has 2 aliphatic rings. The molecular weight excluding hydrogens is 408 g/mol. The summed E-state index contributed by atoms with van der Waals surface area (Å²) in [5, 5.41) is 14.8. The lowest BCUT2D eigenvalue weighted by Crippen LogP contribution is -2.58. The van der Waals surface area contributed by atoms with Gasteiger partial charge in [-0.25, -0.2) is 9.48 Å². The van der Waals surface area contributed by atoms with E-state index in [1.54, 1.807) is 36.4 Å². The summed E-state index contributed by atoms with van der Waals surface area (Å²) in [7, 11) is 0. The minimum atomic E-state index is -1.76. The number of anilines is 1. The predicted molar refractivity (Wildman–Crippen MR) is 118 cm³/mol. The van der Waals surface area contributed by atoms with Gasteiger partial charge in [0.05, 0.1) is 5.69 Å². The van der Waals surface area contributed by atoms with Gasteiger partial charge in [0.2, 0.25) is 11.6 Å². The monoisotopic (exact) mass is 430 g/mol. The topological polar surface area (TPSA) is 105 Å². The molecule has 1 atom stereocenters. The number of carbonyl (C=O) groups excluding carboxylic acids is 1. The highest BCUT2D eigenvalue weighted by Gasteiger charge is 2.58. The van der Waals surface area contributed by atoms with Gasteiger partial charge in [-0.15, -0.1) is 0 Å². The molecule has 1 aromatic heterocycles. The number of carboxylic acids is 1. The fourth-order valence-corrected chi connectivity index (χ4v) is 4.52. The van der Waals surface area contributed by atoms with Crippen LogP contribution in [0.25, 0.3) is 22.6 Å². The number of para-hydroxylation sites is 1. The van der Waals surface area contributed by atoms with Crippen molar-refractivity contribution in [1.29, 1.82) is 0 Å². The molecule has 1 amide bonds. The second-order valence-electron chi connectivity index (χ2n) is 9.20. The maximum atomic E-state index is 13.0. The molecule has 5 rings (SSSR count). The minimum Gasteiger partial charge on any atom is -0.478 e. The normalized spacial score (nSPS) is 19.3. The van der Waals surface area contributed by atoms with E-state index in [2.05, 4.69) is 30.9 Å². The van der Waals surface area contributed by atoms with E-state index in [9.17, 15) is 19.5 Å². The zero-order valence-corrected chi connectivity index (χ0v) is 18.0. The molecule has 0 radical (unpaired) electrons. The van der Waals surface area contributed by atoms with Crippen molar-refractivity contribution in [3.63, 3.8) is 0 Å². The van der Waals surface area contributed by atoms with Crippen molar-refractivity contribution in [2.75, 3.05) is 4.90 Å². The van der Waals surface area contributed by atoms with Crippen LogP contribution in [0.3, 0.4) is 0 Å². The second kappa shape index (κ2) is 6.59. The summed E-state index contributed by atoms with van der Waals surface area (Å²) < 4.78 is 1.25. The van der Waals surface area contributed by atoms with E-state index in [4.69, 9.17) is 0 Å². The zero-order chi connectivity index (χ0) is 22.8. The van der Waals surface area contributed by atoms with Crippen LogP contribution in [0.4, 0.5) is 5.69 Å². The van der Waals surface area contributed by atoms with Crippen LogP contribution < -0.4 is 10.5 Å². The summed E-state index contributed by atoms with van der Waals surface area (Å²) in [6.45, 7) is 6.28. The Hall–Kier alpha value is -3.81. The smallest absolute Gasteiger partial charge is 0.353 e. The molecule has 3 heterocycles. The molecule has 0 spiro atoms. The molecule has 2 aromatic carbocycles. The van der Waals surface area contributed by atoms with Crippen LogP contribution in [0.15, 0.2) is 53.3 Å². The molecule has 8 heteroatoms. The first-order chi connectivity index (χ1) is 15.1. The molecule has 32 heavy (non-hydrogen) atoms. The maximum Gasteiger partial charge on any atom is 0.353 e. The van der Waals surface area contributed by atoms with E-state index < -0.39 is 17.2 Å².